The van der Waals surface area contributed by atoms with Crippen LogP contribution >= 0.6 is 0 Å². The van der Waals surface area contributed by atoms with E-state index in [2.05, 4.69) is 50.0 Å². The number of amides is 1. The van der Waals surface area contributed by atoms with Gasteiger partial charge in [-0.05, 0) is 38.2 Å². The second-order valence-corrected chi connectivity index (χ2v) is 7.41. The zero-order valence-electron chi connectivity index (χ0n) is 15.5. The van der Waals surface area contributed by atoms with Crippen LogP contribution in [0.1, 0.15) is 64.3 Å². The maximum absolute atomic E-state index is 12.5. The second kappa shape index (κ2) is 7.38. The van der Waals surface area contributed by atoms with Crippen molar-refractivity contribution < 1.29 is 9.32 Å². The number of hydrogen-bond donors (Lipinski definition) is 0. The van der Waals surface area contributed by atoms with E-state index in [-0.39, 0.29) is 11.9 Å². The Bertz CT molecular complexity index is 713. The fraction of sp³-hybridized carbons (Fsp3) is 0.550. The minimum absolute atomic E-state index is 0.179. The first-order valence-corrected chi connectivity index (χ1v) is 9.19. The lowest BCUT2D eigenvalue weighted by atomic mass is 10.0. The van der Waals surface area contributed by atoms with Crippen LogP contribution in [0.2, 0.25) is 0 Å². The molecule has 0 N–H and O–H groups in total. The number of carbonyl (C=O) groups excluding carboxylic acids is 1. The van der Waals surface area contributed by atoms with Gasteiger partial charge in [-0.15, -0.1) is 0 Å². The van der Waals surface area contributed by atoms with Crippen LogP contribution < -0.4 is 0 Å². The van der Waals surface area contributed by atoms with E-state index in [1.165, 1.54) is 5.56 Å². The van der Waals surface area contributed by atoms with Gasteiger partial charge in [-0.2, -0.15) is 4.98 Å². The normalized spacial score (nSPS) is 14.3. The van der Waals surface area contributed by atoms with Crippen LogP contribution in [-0.2, 0) is 11.2 Å². The van der Waals surface area contributed by atoms with Gasteiger partial charge >= 0.3 is 0 Å². The molecular formula is C20H27N3O2. The number of nitrogens with zero attached hydrogens (tertiary/aromatic N) is 3. The van der Waals surface area contributed by atoms with Crippen LogP contribution in [0.4, 0.5) is 0 Å². The maximum Gasteiger partial charge on any atom is 0.227 e. The van der Waals surface area contributed by atoms with Gasteiger partial charge in [0.15, 0.2) is 0 Å². The van der Waals surface area contributed by atoms with Crippen molar-refractivity contribution in [2.24, 2.45) is 0 Å². The summed E-state index contributed by atoms with van der Waals surface area (Å²) in [7, 11) is 0. The van der Waals surface area contributed by atoms with Crippen LogP contribution in [0.5, 0.6) is 0 Å². The van der Waals surface area contributed by atoms with E-state index >= 15 is 0 Å². The van der Waals surface area contributed by atoms with Crippen molar-refractivity contribution in [2.75, 3.05) is 0 Å². The second-order valence-electron chi connectivity index (χ2n) is 7.41. The molecule has 1 aromatic heterocycles. The van der Waals surface area contributed by atoms with Gasteiger partial charge < -0.3 is 9.42 Å². The topological polar surface area (TPSA) is 59.2 Å². The largest absolute Gasteiger partial charge is 0.339 e. The highest BCUT2D eigenvalue weighted by atomic mass is 16.5. The molecule has 1 heterocycles. The molecule has 25 heavy (non-hydrogen) atoms. The molecule has 1 aliphatic rings. The van der Waals surface area contributed by atoms with Gasteiger partial charge in [-0.1, -0.05) is 43.3 Å². The van der Waals surface area contributed by atoms with E-state index in [0.717, 1.165) is 18.4 Å². The number of aromatic nitrogens is 2. The smallest absolute Gasteiger partial charge is 0.227 e. The number of carbonyl (C=O) groups is 1. The summed E-state index contributed by atoms with van der Waals surface area (Å²) in [5.41, 5.74) is 2.22. The van der Waals surface area contributed by atoms with Crippen LogP contribution in [0, 0.1) is 0 Å². The van der Waals surface area contributed by atoms with Crippen molar-refractivity contribution in [3.05, 3.63) is 35.7 Å². The van der Waals surface area contributed by atoms with E-state index in [1.807, 2.05) is 17.0 Å². The van der Waals surface area contributed by atoms with Crippen molar-refractivity contribution >= 4 is 5.91 Å². The molecule has 0 aliphatic heterocycles. The summed E-state index contributed by atoms with van der Waals surface area (Å²) in [5.74, 6) is 1.78. The molecule has 3 rings (SSSR count). The van der Waals surface area contributed by atoms with E-state index in [4.69, 9.17) is 4.52 Å². The maximum atomic E-state index is 12.5. The number of aryl methyl sites for hydroxylation is 1. The number of benzene rings is 1. The summed E-state index contributed by atoms with van der Waals surface area (Å²) in [6, 6.07) is 8.90. The standard InChI is InChI=1S/C20H27N3O2/c1-13(2)15-5-7-16(8-6-15)20-21-18(25-22-20)11-12-19(24)23(14(3)4)17-9-10-17/h5-8,13-14,17H,9-12H2,1-4H3. The van der Waals surface area contributed by atoms with E-state index in [1.54, 1.807) is 0 Å². The lowest BCUT2D eigenvalue weighted by Gasteiger charge is -2.26. The van der Waals surface area contributed by atoms with Crippen LogP contribution in [0.25, 0.3) is 11.4 Å². The average molecular weight is 341 g/mol. The van der Waals surface area contributed by atoms with Crippen LogP contribution in [0.3, 0.4) is 0 Å². The van der Waals surface area contributed by atoms with Crippen molar-refractivity contribution in [1.82, 2.24) is 15.0 Å². The van der Waals surface area contributed by atoms with Crippen molar-refractivity contribution in [3.63, 3.8) is 0 Å². The molecule has 5 heteroatoms. The van der Waals surface area contributed by atoms with E-state index < -0.39 is 0 Å². The molecule has 1 aliphatic carbocycles. The highest BCUT2D eigenvalue weighted by Gasteiger charge is 2.33. The molecule has 0 spiro atoms. The summed E-state index contributed by atoms with van der Waals surface area (Å²) in [4.78, 5) is 18.9. The van der Waals surface area contributed by atoms with Crippen LogP contribution in [-0.4, -0.2) is 33.0 Å². The lowest BCUT2D eigenvalue weighted by molar-refractivity contribution is -0.133. The molecular weight excluding hydrogens is 314 g/mol. The fourth-order valence-corrected chi connectivity index (χ4v) is 3.10. The van der Waals surface area contributed by atoms with Crippen molar-refractivity contribution in [3.8, 4) is 11.4 Å². The predicted molar refractivity (Wildman–Crippen MR) is 97.1 cm³/mol. The lowest BCUT2D eigenvalue weighted by Crippen LogP contribution is -2.38. The summed E-state index contributed by atoms with van der Waals surface area (Å²) in [6.07, 6.45) is 3.16. The Kier molecular flexibility index (Phi) is 5.21. The van der Waals surface area contributed by atoms with Gasteiger partial charge in [0.2, 0.25) is 17.6 Å². The minimum Gasteiger partial charge on any atom is -0.339 e. The molecule has 0 bridgehead atoms. The molecule has 1 saturated carbocycles. The van der Waals surface area contributed by atoms with Gasteiger partial charge in [0.1, 0.15) is 0 Å². The molecule has 0 saturated heterocycles. The average Bonchev–Trinajstić information content (AvgIpc) is 3.28. The van der Waals surface area contributed by atoms with Gasteiger partial charge in [0.25, 0.3) is 0 Å². The van der Waals surface area contributed by atoms with E-state index in [0.29, 0.717) is 36.5 Å². The molecule has 0 radical (unpaired) electrons. The Hall–Kier alpha value is -2.17. The highest BCUT2D eigenvalue weighted by molar-refractivity contribution is 5.77. The summed E-state index contributed by atoms with van der Waals surface area (Å²) in [5, 5.41) is 4.06. The Morgan fingerprint density at radius 2 is 1.88 bits per heavy atom. The first-order chi connectivity index (χ1) is 12.0. The van der Waals surface area contributed by atoms with Gasteiger partial charge in [-0.3, -0.25) is 4.79 Å². The number of rotatable bonds is 7. The SMILES string of the molecule is CC(C)c1ccc(-c2noc(CCC(=O)N(C(C)C)C3CC3)n2)cc1. The van der Waals surface area contributed by atoms with Gasteiger partial charge in [0, 0.05) is 30.5 Å². The summed E-state index contributed by atoms with van der Waals surface area (Å²) < 4.78 is 5.33. The molecule has 1 aromatic carbocycles. The van der Waals surface area contributed by atoms with Crippen molar-refractivity contribution in [2.45, 2.75) is 71.4 Å². The Balaban J connectivity index is 1.60. The summed E-state index contributed by atoms with van der Waals surface area (Å²) in [6.45, 7) is 8.48. The zero-order valence-corrected chi connectivity index (χ0v) is 15.5. The predicted octanol–water partition coefficient (Wildman–Crippen LogP) is 4.19. The molecule has 2 aromatic rings. The molecule has 1 amide bonds. The Morgan fingerprint density at radius 3 is 2.44 bits per heavy atom. The Morgan fingerprint density at radius 1 is 1.20 bits per heavy atom. The highest BCUT2D eigenvalue weighted by Crippen LogP contribution is 2.29. The van der Waals surface area contributed by atoms with E-state index in [9.17, 15) is 4.79 Å². The fourth-order valence-electron chi connectivity index (χ4n) is 3.10. The molecule has 1 fully saturated rings. The first kappa shape index (κ1) is 17.6. The quantitative estimate of drug-likeness (QED) is 0.757. The minimum atomic E-state index is 0.179. The molecule has 5 nitrogen and oxygen atoms in total. The van der Waals surface area contributed by atoms with Crippen LogP contribution in [0.15, 0.2) is 28.8 Å². The third-order valence-corrected chi connectivity index (χ3v) is 4.64. The van der Waals surface area contributed by atoms with Gasteiger partial charge in [0.05, 0.1) is 0 Å². The summed E-state index contributed by atoms with van der Waals surface area (Å²) >= 11 is 0. The molecule has 134 valence electrons. The first-order valence-electron chi connectivity index (χ1n) is 9.19. The monoisotopic (exact) mass is 341 g/mol. The third-order valence-electron chi connectivity index (χ3n) is 4.64. The van der Waals surface area contributed by atoms with Gasteiger partial charge in [-0.25, -0.2) is 0 Å². The Labute approximate surface area is 149 Å². The number of hydrogen-bond acceptors (Lipinski definition) is 4. The molecule has 0 atom stereocenters. The van der Waals surface area contributed by atoms with Crippen molar-refractivity contribution in [1.29, 1.82) is 0 Å². The zero-order chi connectivity index (χ0) is 18.0. The third kappa shape index (κ3) is 4.27. The molecule has 0 unspecified atom stereocenters.